The summed E-state index contributed by atoms with van der Waals surface area (Å²) in [4.78, 5) is 8.34. The Morgan fingerprint density at radius 1 is 1.05 bits per heavy atom. The summed E-state index contributed by atoms with van der Waals surface area (Å²) in [6.07, 6.45) is -2.53. The zero-order valence-electron chi connectivity index (χ0n) is 21.8. The van der Waals surface area contributed by atoms with Crippen molar-refractivity contribution in [1.82, 2.24) is 24.6 Å². The van der Waals surface area contributed by atoms with Gasteiger partial charge >= 0.3 is 6.18 Å². The Kier molecular flexibility index (Phi) is 5.74. The minimum atomic E-state index is -4.41. The highest BCUT2D eigenvalue weighted by atomic mass is 35.5. The van der Waals surface area contributed by atoms with Gasteiger partial charge in [0.25, 0.3) is 0 Å². The molecule has 7 nitrogen and oxygen atoms in total. The number of aromatic nitrogens is 4. The van der Waals surface area contributed by atoms with Crippen molar-refractivity contribution in [3.05, 3.63) is 58.3 Å². The molecule has 3 aromatic rings. The second-order valence-electron chi connectivity index (χ2n) is 11.4. The van der Waals surface area contributed by atoms with Crippen LogP contribution in [0.25, 0.3) is 5.69 Å². The van der Waals surface area contributed by atoms with Gasteiger partial charge in [-0.05, 0) is 69.5 Å². The van der Waals surface area contributed by atoms with Crippen LogP contribution in [-0.2, 0) is 13.1 Å². The third kappa shape index (κ3) is 3.95. The lowest BCUT2D eigenvalue weighted by molar-refractivity contribution is -0.224. The van der Waals surface area contributed by atoms with E-state index in [1.54, 1.807) is 19.2 Å². The molecule has 2 aliphatic heterocycles. The van der Waals surface area contributed by atoms with E-state index in [1.807, 2.05) is 29.7 Å². The second kappa shape index (κ2) is 8.58. The number of anilines is 1. The summed E-state index contributed by atoms with van der Waals surface area (Å²) in [7, 11) is 1.66. The number of methoxy groups -OCH3 is 1. The van der Waals surface area contributed by atoms with Gasteiger partial charge in [0.1, 0.15) is 11.4 Å². The molecule has 0 amide bonds. The van der Waals surface area contributed by atoms with Crippen LogP contribution in [-0.4, -0.2) is 56.6 Å². The highest BCUT2D eigenvalue weighted by Gasteiger charge is 2.56. The maximum absolute atomic E-state index is 14.0. The average Bonchev–Trinajstić information content (AvgIpc) is 3.11. The largest absolute Gasteiger partial charge is 0.493 e. The number of nitrogens with zero attached hydrogens (tertiary/aromatic N) is 6. The van der Waals surface area contributed by atoms with Crippen molar-refractivity contribution in [2.75, 3.05) is 25.1 Å². The van der Waals surface area contributed by atoms with E-state index in [-0.39, 0.29) is 24.4 Å². The van der Waals surface area contributed by atoms with E-state index < -0.39 is 11.7 Å². The maximum Gasteiger partial charge on any atom is 0.406 e. The fraction of sp³-hybridized carbons (Fsp3) is 0.519. The summed E-state index contributed by atoms with van der Waals surface area (Å²) in [5.74, 6) is 3.15. The van der Waals surface area contributed by atoms with Crippen LogP contribution in [0, 0.1) is 12.3 Å². The third-order valence-corrected chi connectivity index (χ3v) is 8.72. The number of benzene rings is 1. The van der Waals surface area contributed by atoms with Crippen molar-refractivity contribution in [3.8, 4) is 11.4 Å². The smallest absolute Gasteiger partial charge is 0.406 e. The Morgan fingerprint density at radius 2 is 1.79 bits per heavy atom. The van der Waals surface area contributed by atoms with Crippen LogP contribution in [0.2, 0.25) is 5.02 Å². The SMILES string of the molecule is COc1ccc(C)nc1N1CC2(CC(c3nnc4n3-c3ccc(Cl)cc3CN(C(C)(C)C(F)(F)F)C4)C2)C1. The van der Waals surface area contributed by atoms with Crippen LogP contribution in [0.3, 0.4) is 0 Å². The lowest BCUT2D eigenvalue weighted by Crippen LogP contribution is -2.62. The number of fused-ring (bicyclic) bond motifs is 3. The summed E-state index contributed by atoms with van der Waals surface area (Å²) >= 11 is 6.28. The molecule has 3 aliphatic rings. The van der Waals surface area contributed by atoms with Gasteiger partial charge in [0.05, 0.1) is 19.3 Å². The molecule has 202 valence electrons. The molecule has 38 heavy (non-hydrogen) atoms. The number of hydrogen-bond donors (Lipinski definition) is 0. The number of aryl methyl sites for hydroxylation is 1. The Bertz CT molecular complexity index is 1390. The first-order valence-corrected chi connectivity index (χ1v) is 13.1. The second-order valence-corrected chi connectivity index (χ2v) is 11.9. The average molecular weight is 547 g/mol. The first-order chi connectivity index (χ1) is 17.9. The molecule has 0 N–H and O–H groups in total. The molecule has 2 fully saturated rings. The summed E-state index contributed by atoms with van der Waals surface area (Å²) in [5.41, 5.74) is 0.604. The van der Waals surface area contributed by atoms with Gasteiger partial charge in [-0.25, -0.2) is 4.98 Å². The number of alkyl halides is 3. The van der Waals surface area contributed by atoms with Crippen molar-refractivity contribution in [2.45, 2.75) is 64.3 Å². The molecule has 1 saturated carbocycles. The summed E-state index contributed by atoms with van der Waals surface area (Å²) < 4.78 is 49.5. The Labute approximate surface area is 224 Å². The van der Waals surface area contributed by atoms with Crippen LogP contribution < -0.4 is 9.64 Å². The van der Waals surface area contributed by atoms with Crippen molar-refractivity contribution >= 4 is 17.4 Å². The molecule has 0 unspecified atom stereocenters. The highest BCUT2D eigenvalue weighted by Crippen LogP contribution is 2.57. The van der Waals surface area contributed by atoms with Gasteiger partial charge in [0, 0.05) is 41.7 Å². The molecule has 2 aromatic heterocycles. The molecule has 1 aliphatic carbocycles. The molecule has 0 bridgehead atoms. The van der Waals surface area contributed by atoms with Gasteiger partial charge in [-0.3, -0.25) is 9.47 Å². The van der Waals surface area contributed by atoms with Gasteiger partial charge in [-0.1, -0.05) is 11.6 Å². The van der Waals surface area contributed by atoms with E-state index in [1.165, 1.54) is 18.7 Å². The van der Waals surface area contributed by atoms with Crippen molar-refractivity contribution in [3.63, 3.8) is 0 Å². The van der Waals surface area contributed by atoms with Crippen LogP contribution in [0.1, 0.15) is 55.5 Å². The first kappa shape index (κ1) is 25.4. The van der Waals surface area contributed by atoms with Crippen molar-refractivity contribution in [1.29, 1.82) is 0 Å². The van der Waals surface area contributed by atoms with E-state index in [2.05, 4.69) is 20.1 Å². The fourth-order valence-corrected chi connectivity index (χ4v) is 6.32. The Hall–Kier alpha value is -2.85. The van der Waals surface area contributed by atoms with Gasteiger partial charge < -0.3 is 9.64 Å². The number of halogens is 4. The van der Waals surface area contributed by atoms with E-state index in [9.17, 15) is 13.2 Å². The van der Waals surface area contributed by atoms with Crippen LogP contribution in [0.15, 0.2) is 30.3 Å². The molecular weight excluding hydrogens is 517 g/mol. The van der Waals surface area contributed by atoms with Crippen LogP contribution in [0.4, 0.5) is 19.0 Å². The van der Waals surface area contributed by atoms with E-state index in [4.69, 9.17) is 16.3 Å². The summed E-state index contributed by atoms with van der Waals surface area (Å²) in [6.45, 7) is 6.31. The maximum atomic E-state index is 14.0. The number of ether oxygens (including phenoxy) is 1. The quantitative estimate of drug-likeness (QED) is 0.420. The molecule has 1 spiro atoms. The van der Waals surface area contributed by atoms with Gasteiger partial charge in [-0.2, -0.15) is 13.2 Å². The fourth-order valence-electron chi connectivity index (χ4n) is 6.12. The van der Waals surface area contributed by atoms with Crippen molar-refractivity contribution < 1.29 is 17.9 Å². The van der Waals surface area contributed by atoms with E-state index >= 15 is 0 Å². The first-order valence-electron chi connectivity index (χ1n) is 12.7. The van der Waals surface area contributed by atoms with Crippen molar-refractivity contribution in [2.24, 2.45) is 5.41 Å². The number of hydrogen-bond acceptors (Lipinski definition) is 6. The molecule has 1 saturated heterocycles. The lowest BCUT2D eigenvalue weighted by Gasteiger charge is -2.59. The third-order valence-electron chi connectivity index (χ3n) is 8.49. The molecular formula is C27H30ClF3N6O. The molecule has 4 heterocycles. The van der Waals surface area contributed by atoms with Gasteiger partial charge in [0.15, 0.2) is 17.4 Å². The van der Waals surface area contributed by atoms with E-state index in [0.717, 1.165) is 60.3 Å². The van der Waals surface area contributed by atoms with E-state index in [0.29, 0.717) is 10.8 Å². The Morgan fingerprint density at radius 3 is 2.47 bits per heavy atom. The number of pyridine rings is 1. The van der Waals surface area contributed by atoms with Crippen LogP contribution in [0.5, 0.6) is 5.75 Å². The lowest BCUT2D eigenvalue weighted by atomic mass is 9.57. The summed E-state index contributed by atoms with van der Waals surface area (Å²) in [5, 5.41) is 9.42. The molecule has 1 aromatic carbocycles. The van der Waals surface area contributed by atoms with Gasteiger partial charge in [-0.15, -0.1) is 10.2 Å². The predicted molar refractivity (Wildman–Crippen MR) is 138 cm³/mol. The molecule has 0 atom stereocenters. The molecule has 6 rings (SSSR count). The highest BCUT2D eigenvalue weighted by molar-refractivity contribution is 6.30. The minimum absolute atomic E-state index is 0.0380. The standard InChI is InChI=1S/C27H30ClF3N6O/c1-16-5-8-21(38-4)24(32-16)35-14-26(15-35)10-18(11-26)23-34-33-22-13-36(25(2,3)27(29,30)31)12-17-9-19(28)6-7-20(17)37(22)23/h5-9,18H,10-15H2,1-4H3. The Balaban J connectivity index is 1.27. The zero-order valence-corrected chi connectivity index (χ0v) is 22.6. The normalized spacial score (nSPS) is 19.4. The zero-order chi connectivity index (χ0) is 27.0. The predicted octanol–water partition coefficient (Wildman–Crippen LogP) is 5.67. The summed E-state index contributed by atoms with van der Waals surface area (Å²) in [6, 6.07) is 9.28. The topological polar surface area (TPSA) is 59.3 Å². The monoisotopic (exact) mass is 546 g/mol. The molecule has 11 heteroatoms. The number of rotatable bonds is 4. The minimum Gasteiger partial charge on any atom is -0.493 e. The molecule has 0 radical (unpaired) electrons. The van der Waals surface area contributed by atoms with Crippen LogP contribution >= 0.6 is 11.6 Å². The van der Waals surface area contributed by atoms with Gasteiger partial charge in [0.2, 0.25) is 0 Å².